The molecule has 0 fully saturated rings. The number of phosphoric ester groups is 1. The van der Waals surface area contributed by atoms with Gasteiger partial charge in [0, 0.05) is 0 Å². The molecular formula is C2H6MgNO4P. The van der Waals surface area contributed by atoms with Crippen LogP contribution in [0.25, 0.3) is 0 Å². The van der Waals surface area contributed by atoms with Crippen molar-refractivity contribution in [2.45, 2.75) is 13.2 Å². The molecule has 0 saturated heterocycles. The fourth-order valence-corrected chi connectivity index (χ4v) is 0.611. The monoisotopic (exact) mass is 163 g/mol. The zero-order valence-corrected chi connectivity index (χ0v) is 7.25. The number of rotatable bonds is 2. The van der Waals surface area contributed by atoms with Crippen LogP contribution in [0.5, 0.6) is 0 Å². The fraction of sp³-hybridized carbons (Fsp3) is 1.00. The van der Waals surface area contributed by atoms with Crippen molar-refractivity contribution in [2.24, 2.45) is 5.73 Å². The maximum atomic E-state index is 9.61. The van der Waals surface area contributed by atoms with E-state index in [-0.39, 0.29) is 23.1 Å². The molecule has 1 atom stereocenters. The molecule has 0 aromatic heterocycles. The van der Waals surface area contributed by atoms with Crippen molar-refractivity contribution in [1.29, 1.82) is 0 Å². The standard InChI is InChI=1S/C2H8NO4P.Mg/c1-2(3)7-8(4,5)6;/h2H,3H2,1H3,(H2,4,5,6);/q;+2/p-2. The molecule has 0 aromatic rings. The van der Waals surface area contributed by atoms with E-state index >= 15 is 0 Å². The predicted octanol–water partition coefficient (Wildman–Crippen LogP) is -2.24. The summed E-state index contributed by atoms with van der Waals surface area (Å²) in [6, 6.07) is 0. The molecule has 0 aliphatic heterocycles. The summed E-state index contributed by atoms with van der Waals surface area (Å²) in [5.41, 5.74) is 4.78. The Bertz CT molecular complexity index is 111. The minimum atomic E-state index is -4.85. The van der Waals surface area contributed by atoms with E-state index in [1.807, 2.05) is 0 Å². The Morgan fingerprint density at radius 2 is 2.00 bits per heavy atom. The number of phosphoric acid groups is 1. The van der Waals surface area contributed by atoms with Gasteiger partial charge in [-0.1, -0.05) is 0 Å². The predicted molar refractivity (Wildman–Crippen MR) is 28.1 cm³/mol. The van der Waals surface area contributed by atoms with E-state index in [1.165, 1.54) is 6.92 Å². The van der Waals surface area contributed by atoms with Crippen LogP contribution < -0.4 is 15.5 Å². The third-order valence-corrected chi connectivity index (χ3v) is 0.886. The largest absolute Gasteiger partial charge is 2.00 e. The molecule has 50 valence electrons. The molecule has 0 rings (SSSR count). The van der Waals surface area contributed by atoms with E-state index in [4.69, 9.17) is 5.73 Å². The van der Waals surface area contributed by atoms with Crippen LogP contribution in [-0.2, 0) is 9.09 Å². The molecular weight excluding hydrogens is 157 g/mol. The summed E-state index contributed by atoms with van der Waals surface area (Å²) < 4.78 is 13.3. The Balaban J connectivity index is 0. The van der Waals surface area contributed by atoms with Crippen molar-refractivity contribution in [1.82, 2.24) is 0 Å². The molecule has 0 aliphatic carbocycles. The van der Waals surface area contributed by atoms with E-state index in [1.54, 1.807) is 0 Å². The second-order valence-electron chi connectivity index (χ2n) is 1.26. The van der Waals surface area contributed by atoms with E-state index in [0.29, 0.717) is 0 Å². The fourth-order valence-electron chi connectivity index (χ4n) is 0.204. The summed E-state index contributed by atoms with van der Waals surface area (Å²) in [4.78, 5) is 19.2. The maximum absolute atomic E-state index is 9.61. The Labute approximate surface area is 69.0 Å². The quantitative estimate of drug-likeness (QED) is 0.282. The Kier molecular flexibility index (Phi) is 6.42. The van der Waals surface area contributed by atoms with Crippen molar-refractivity contribution in [3.8, 4) is 0 Å². The van der Waals surface area contributed by atoms with Crippen molar-refractivity contribution >= 4 is 30.9 Å². The molecule has 0 saturated carbocycles. The average molecular weight is 163 g/mol. The van der Waals surface area contributed by atoms with Crippen LogP contribution in [0, 0.1) is 0 Å². The van der Waals surface area contributed by atoms with Gasteiger partial charge in [-0.15, -0.1) is 0 Å². The van der Waals surface area contributed by atoms with E-state index in [2.05, 4.69) is 4.52 Å². The molecule has 5 nitrogen and oxygen atoms in total. The second-order valence-corrected chi connectivity index (χ2v) is 2.36. The molecule has 1 unspecified atom stereocenters. The van der Waals surface area contributed by atoms with Gasteiger partial charge < -0.3 is 24.6 Å². The third kappa shape index (κ3) is 12.1. The molecule has 0 bridgehead atoms. The van der Waals surface area contributed by atoms with Gasteiger partial charge in [-0.3, -0.25) is 0 Å². The van der Waals surface area contributed by atoms with E-state index in [0.717, 1.165) is 0 Å². The topological polar surface area (TPSA) is 98.4 Å². The van der Waals surface area contributed by atoms with Gasteiger partial charge in [-0.2, -0.15) is 0 Å². The summed E-state index contributed by atoms with van der Waals surface area (Å²) in [7, 11) is -4.85. The SMILES string of the molecule is CC(N)OP(=O)([O-])[O-].[Mg+2]. The normalized spacial score (nSPS) is 14.2. The first kappa shape index (κ1) is 12.5. The van der Waals surface area contributed by atoms with Crippen LogP contribution in [0.15, 0.2) is 0 Å². The van der Waals surface area contributed by atoms with Crippen molar-refractivity contribution in [2.75, 3.05) is 0 Å². The van der Waals surface area contributed by atoms with Crippen molar-refractivity contribution < 1.29 is 18.9 Å². The summed E-state index contributed by atoms with van der Waals surface area (Å²) in [5, 5.41) is 0. The van der Waals surface area contributed by atoms with Crippen LogP contribution >= 0.6 is 7.82 Å². The van der Waals surface area contributed by atoms with Crippen molar-refractivity contribution in [3.63, 3.8) is 0 Å². The van der Waals surface area contributed by atoms with Gasteiger partial charge in [-0.05, 0) is 6.92 Å². The molecule has 0 heterocycles. The summed E-state index contributed by atoms with van der Waals surface area (Å²) >= 11 is 0. The zero-order chi connectivity index (χ0) is 6.78. The van der Waals surface area contributed by atoms with Gasteiger partial charge in [-0.25, -0.2) is 0 Å². The summed E-state index contributed by atoms with van der Waals surface area (Å²) in [6.45, 7) is 1.25. The molecule has 7 heteroatoms. The molecule has 0 spiro atoms. The smallest absolute Gasteiger partial charge is 0.790 e. The third-order valence-electron chi connectivity index (χ3n) is 0.295. The van der Waals surface area contributed by atoms with Crippen LogP contribution in [0.1, 0.15) is 6.92 Å². The molecule has 9 heavy (non-hydrogen) atoms. The minimum Gasteiger partial charge on any atom is -0.790 e. The zero-order valence-electron chi connectivity index (χ0n) is 4.94. The van der Waals surface area contributed by atoms with E-state index in [9.17, 15) is 14.4 Å². The second kappa shape index (κ2) is 4.62. The van der Waals surface area contributed by atoms with Crippen LogP contribution in [0.3, 0.4) is 0 Å². The summed E-state index contributed by atoms with van der Waals surface area (Å²) in [5.74, 6) is 0. The Morgan fingerprint density at radius 1 is 1.67 bits per heavy atom. The maximum Gasteiger partial charge on any atom is 2.00 e. The average Bonchev–Trinajstić information content (AvgIpc) is 1.21. The molecule has 0 radical (unpaired) electrons. The van der Waals surface area contributed by atoms with Crippen LogP contribution in [0.2, 0.25) is 0 Å². The number of hydrogen-bond donors (Lipinski definition) is 1. The molecule has 0 amide bonds. The van der Waals surface area contributed by atoms with Gasteiger partial charge in [0.15, 0.2) is 0 Å². The Morgan fingerprint density at radius 3 is 2.00 bits per heavy atom. The van der Waals surface area contributed by atoms with Gasteiger partial charge in [0.05, 0.1) is 7.82 Å². The number of nitrogens with two attached hydrogens (primary N) is 1. The first-order chi connectivity index (χ1) is 3.42. The van der Waals surface area contributed by atoms with Crippen LogP contribution in [-0.4, -0.2) is 29.3 Å². The van der Waals surface area contributed by atoms with Gasteiger partial charge >= 0.3 is 23.1 Å². The molecule has 0 aliphatic rings. The summed E-state index contributed by atoms with van der Waals surface area (Å²) in [6.07, 6.45) is -1.05. The Hall–Kier alpha value is 0.836. The number of hydrogen-bond acceptors (Lipinski definition) is 5. The molecule has 0 aromatic carbocycles. The van der Waals surface area contributed by atoms with Crippen molar-refractivity contribution in [3.05, 3.63) is 0 Å². The molecule has 2 N–H and O–H groups in total. The first-order valence-corrected chi connectivity index (χ1v) is 3.34. The van der Waals surface area contributed by atoms with Gasteiger partial charge in [0.2, 0.25) is 0 Å². The van der Waals surface area contributed by atoms with Crippen LogP contribution in [0.4, 0.5) is 0 Å². The van der Waals surface area contributed by atoms with Gasteiger partial charge in [0.1, 0.15) is 6.23 Å². The van der Waals surface area contributed by atoms with Gasteiger partial charge in [0.25, 0.3) is 0 Å². The minimum absolute atomic E-state index is 0. The first-order valence-electron chi connectivity index (χ1n) is 1.88. The van der Waals surface area contributed by atoms with E-state index < -0.39 is 14.1 Å².